The Labute approximate surface area is 214 Å². The molecule has 36 heavy (non-hydrogen) atoms. The first kappa shape index (κ1) is 26.3. The number of likely N-dealkylation sites (N-methyl/N-ethyl adjacent to an activating group) is 1. The maximum atomic E-state index is 10.0. The molecule has 1 aromatic carbocycles. The Morgan fingerprint density at radius 3 is 2.61 bits per heavy atom. The predicted molar refractivity (Wildman–Crippen MR) is 142 cm³/mol. The Balaban J connectivity index is 1.69. The summed E-state index contributed by atoms with van der Waals surface area (Å²) < 4.78 is 11.3. The normalized spacial score (nSPS) is 16.2. The molecule has 2 aromatic heterocycles. The van der Waals surface area contributed by atoms with Crippen molar-refractivity contribution in [3.05, 3.63) is 47.0 Å². The summed E-state index contributed by atoms with van der Waals surface area (Å²) in [5.74, 6) is 2.11. The van der Waals surface area contributed by atoms with Gasteiger partial charge in [0.05, 0.1) is 17.0 Å². The SMILES string of the molecule is CNCC(O)COc1cccc(-c2nc(CCC3(C)CCCCC3)c(C)c(-c3c(C)noc3C)n2)c1. The zero-order chi connectivity index (χ0) is 25.7. The van der Waals surface area contributed by atoms with E-state index in [9.17, 15) is 5.11 Å². The van der Waals surface area contributed by atoms with E-state index in [1.165, 1.54) is 32.1 Å². The number of benzene rings is 1. The topological polar surface area (TPSA) is 93.3 Å². The van der Waals surface area contributed by atoms with E-state index < -0.39 is 6.10 Å². The monoisotopic (exact) mass is 492 g/mol. The van der Waals surface area contributed by atoms with E-state index in [4.69, 9.17) is 19.2 Å². The highest BCUT2D eigenvalue weighted by molar-refractivity contribution is 5.70. The average molecular weight is 493 g/mol. The molecule has 1 atom stereocenters. The summed E-state index contributed by atoms with van der Waals surface area (Å²) in [6.07, 6.45) is 8.05. The lowest BCUT2D eigenvalue weighted by atomic mass is 9.72. The van der Waals surface area contributed by atoms with Crippen molar-refractivity contribution in [2.24, 2.45) is 5.41 Å². The lowest BCUT2D eigenvalue weighted by Crippen LogP contribution is -2.29. The van der Waals surface area contributed by atoms with Crippen molar-refractivity contribution >= 4 is 0 Å². The van der Waals surface area contributed by atoms with Crippen LogP contribution in [0.25, 0.3) is 22.6 Å². The zero-order valence-electron chi connectivity index (χ0n) is 22.4. The van der Waals surface area contributed by atoms with Gasteiger partial charge >= 0.3 is 0 Å². The van der Waals surface area contributed by atoms with Gasteiger partial charge in [-0.05, 0) is 76.6 Å². The molecule has 1 saturated carbocycles. The minimum Gasteiger partial charge on any atom is -0.491 e. The molecule has 2 N–H and O–H groups in total. The van der Waals surface area contributed by atoms with Crippen LogP contribution in [0.15, 0.2) is 28.8 Å². The number of nitrogens with zero attached hydrogens (tertiary/aromatic N) is 3. The van der Waals surface area contributed by atoms with E-state index in [1.807, 2.05) is 38.1 Å². The standard InChI is InChI=1S/C29H40N4O3/c1-19-25(12-15-29(4)13-7-6-8-14-29)31-28(32-27(19)26-20(2)33-36-21(26)3)22-10-9-11-24(16-22)35-18-23(34)17-30-5/h9-11,16,23,30,34H,6-8,12-15,17-18H2,1-5H3. The highest BCUT2D eigenvalue weighted by atomic mass is 16.5. The van der Waals surface area contributed by atoms with Crippen molar-refractivity contribution in [1.82, 2.24) is 20.4 Å². The number of rotatable bonds is 10. The van der Waals surface area contributed by atoms with Gasteiger partial charge in [0.25, 0.3) is 0 Å². The number of aryl methyl sites for hydroxylation is 3. The third kappa shape index (κ3) is 6.13. The Morgan fingerprint density at radius 1 is 1.14 bits per heavy atom. The lowest BCUT2D eigenvalue weighted by molar-refractivity contribution is 0.108. The fraction of sp³-hybridized carbons (Fsp3) is 0.552. The lowest BCUT2D eigenvalue weighted by Gasteiger charge is -2.33. The van der Waals surface area contributed by atoms with E-state index in [1.54, 1.807) is 7.05 Å². The molecule has 0 saturated heterocycles. The van der Waals surface area contributed by atoms with E-state index in [-0.39, 0.29) is 6.61 Å². The van der Waals surface area contributed by atoms with Gasteiger partial charge in [-0.1, -0.05) is 43.5 Å². The molecule has 194 valence electrons. The molecule has 0 bridgehead atoms. The Hall–Kier alpha value is -2.77. The van der Waals surface area contributed by atoms with Crippen LogP contribution >= 0.6 is 0 Å². The molecule has 0 spiro atoms. The molecular formula is C29H40N4O3. The van der Waals surface area contributed by atoms with Crippen molar-refractivity contribution in [2.45, 2.75) is 78.7 Å². The number of hydrogen-bond acceptors (Lipinski definition) is 7. The zero-order valence-corrected chi connectivity index (χ0v) is 22.4. The maximum absolute atomic E-state index is 10.0. The summed E-state index contributed by atoms with van der Waals surface area (Å²) in [6.45, 7) is 9.14. The smallest absolute Gasteiger partial charge is 0.160 e. The van der Waals surface area contributed by atoms with E-state index in [0.29, 0.717) is 23.5 Å². The number of nitrogens with one attached hydrogen (secondary N) is 1. The average Bonchev–Trinajstić information content (AvgIpc) is 3.20. The van der Waals surface area contributed by atoms with Gasteiger partial charge in [-0.15, -0.1) is 0 Å². The van der Waals surface area contributed by atoms with Crippen molar-refractivity contribution in [2.75, 3.05) is 20.2 Å². The molecule has 7 nitrogen and oxygen atoms in total. The van der Waals surface area contributed by atoms with Crippen LogP contribution in [0.5, 0.6) is 5.75 Å². The van der Waals surface area contributed by atoms with Crippen LogP contribution < -0.4 is 10.1 Å². The third-order valence-corrected chi connectivity index (χ3v) is 7.52. The van der Waals surface area contributed by atoms with Crippen LogP contribution in [-0.2, 0) is 6.42 Å². The van der Waals surface area contributed by atoms with Crippen molar-refractivity contribution in [1.29, 1.82) is 0 Å². The minimum atomic E-state index is -0.576. The maximum Gasteiger partial charge on any atom is 0.160 e. The molecule has 0 aliphatic heterocycles. The minimum absolute atomic E-state index is 0.215. The van der Waals surface area contributed by atoms with Crippen LogP contribution in [0.3, 0.4) is 0 Å². The Bertz CT molecular complexity index is 1150. The van der Waals surface area contributed by atoms with Gasteiger partial charge in [0.1, 0.15) is 24.2 Å². The largest absolute Gasteiger partial charge is 0.491 e. The van der Waals surface area contributed by atoms with E-state index >= 15 is 0 Å². The second-order valence-electron chi connectivity index (χ2n) is 10.6. The Morgan fingerprint density at radius 2 is 1.92 bits per heavy atom. The van der Waals surface area contributed by atoms with E-state index in [0.717, 1.165) is 52.4 Å². The number of aliphatic hydroxyl groups excluding tert-OH is 1. The fourth-order valence-electron chi connectivity index (χ4n) is 5.29. The second-order valence-corrected chi connectivity index (χ2v) is 10.6. The summed E-state index contributed by atoms with van der Waals surface area (Å²) in [7, 11) is 1.81. The molecule has 7 heteroatoms. The molecule has 1 aliphatic rings. The first-order valence-electron chi connectivity index (χ1n) is 13.2. The number of ether oxygens (including phenoxy) is 1. The summed E-state index contributed by atoms with van der Waals surface area (Å²) in [4.78, 5) is 10.1. The number of hydrogen-bond donors (Lipinski definition) is 2. The van der Waals surface area contributed by atoms with Crippen molar-refractivity contribution in [3.8, 4) is 28.4 Å². The van der Waals surface area contributed by atoms with Gasteiger partial charge in [-0.2, -0.15) is 0 Å². The second kappa shape index (κ2) is 11.5. The molecule has 1 unspecified atom stereocenters. The molecular weight excluding hydrogens is 452 g/mol. The van der Waals surface area contributed by atoms with Crippen LogP contribution in [0.4, 0.5) is 0 Å². The predicted octanol–water partition coefficient (Wildman–Crippen LogP) is 5.59. The summed E-state index contributed by atoms with van der Waals surface area (Å²) in [5, 5.41) is 17.2. The molecule has 2 heterocycles. The molecule has 1 aliphatic carbocycles. The van der Waals surface area contributed by atoms with Crippen LogP contribution in [0.1, 0.15) is 68.2 Å². The van der Waals surface area contributed by atoms with Gasteiger partial charge in [0.15, 0.2) is 5.82 Å². The highest BCUT2D eigenvalue weighted by Crippen LogP contribution is 2.40. The van der Waals surface area contributed by atoms with Gasteiger partial charge < -0.3 is 19.7 Å². The fourth-order valence-corrected chi connectivity index (χ4v) is 5.29. The Kier molecular flexibility index (Phi) is 8.42. The molecule has 1 fully saturated rings. The van der Waals surface area contributed by atoms with Crippen molar-refractivity contribution in [3.63, 3.8) is 0 Å². The summed E-state index contributed by atoms with van der Waals surface area (Å²) >= 11 is 0. The summed E-state index contributed by atoms with van der Waals surface area (Å²) in [6, 6.07) is 7.78. The van der Waals surface area contributed by atoms with Crippen LogP contribution in [0.2, 0.25) is 0 Å². The molecule has 0 amide bonds. The molecule has 4 rings (SSSR count). The first-order valence-corrected chi connectivity index (χ1v) is 13.2. The molecule has 0 radical (unpaired) electrons. The van der Waals surface area contributed by atoms with Gasteiger partial charge in [0.2, 0.25) is 0 Å². The first-order chi connectivity index (χ1) is 17.3. The number of aromatic nitrogens is 3. The number of aliphatic hydroxyl groups is 1. The van der Waals surface area contributed by atoms with E-state index in [2.05, 4.69) is 24.3 Å². The van der Waals surface area contributed by atoms with Gasteiger partial charge in [-0.25, -0.2) is 9.97 Å². The van der Waals surface area contributed by atoms with Gasteiger partial charge in [-0.3, -0.25) is 0 Å². The van der Waals surface area contributed by atoms with Crippen molar-refractivity contribution < 1.29 is 14.4 Å². The van der Waals surface area contributed by atoms with Crippen LogP contribution in [-0.4, -0.2) is 46.5 Å². The van der Waals surface area contributed by atoms with Crippen LogP contribution in [0, 0.1) is 26.2 Å². The third-order valence-electron chi connectivity index (χ3n) is 7.52. The molecule has 3 aromatic rings. The summed E-state index contributed by atoms with van der Waals surface area (Å²) in [5.41, 5.74) is 6.10. The quantitative estimate of drug-likeness (QED) is 0.381. The van der Waals surface area contributed by atoms with Gasteiger partial charge in [0, 0.05) is 17.8 Å². The highest BCUT2D eigenvalue weighted by Gasteiger charge is 2.28.